The van der Waals surface area contributed by atoms with Crippen LogP contribution in [0.2, 0.25) is 0 Å². The van der Waals surface area contributed by atoms with Gasteiger partial charge in [0.05, 0.1) is 6.54 Å². The van der Waals surface area contributed by atoms with E-state index in [2.05, 4.69) is 4.98 Å². The first kappa shape index (κ1) is 16.8. The second-order valence-electron chi connectivity index (χ2n) is 6.02. The number of anilines is 3. The third-order valence-electron chi connectivity index (χ3n) is 4.47. The van der Waals surface area contributed by atoms with Crippen LogP contribution < -0.4 is 26.8 Å². The number of hydrogen-bond donors (Lipinski definition) is 2. The summed E-state index contributed by atoms with van der Waals surface area (Å²) in [6, 6.07) is 7.77. The molecule has 8 heteroatoms. The largest absolute Gasteiger partial charge is 0.383 e. The maximum absolute atomic E-state index is 12.7. The molecule has 25 heavy (non-hydrogen) atoms. The van der Waals surface area contributed by atoms with Gasteiger partial charge in [0.25, 0.3) is 5.56 Å². The Morgan fingerprint density at radius 2 is 2.04 bits per heavy atom. The molecule has 0 spiro atoms. The number of aromatic nitrogens is 2. The Bertz CT molecular complexity index is 931. The summed E-state index contributed by atoms with van der Waals surface area (Å²) in [5, 5.41) is 0. The zero-order valence-electron chi connectivity index (χ0n) is 14.3. The molecular weight excluding hydrogens is 322 g/mol. The highest BCUT2D eigenvalue weighted by Gasteiger charge is 2.26. The SMILES string of the molecule is CCn1c(N)c(N(C)CC(=O)N2CCc3ccccc32)c(=O)[nH]c1=O. The number of carbonyl (C=O) groups excluding carboxylic acids is 1. The maximum atomic E-state index is 12.7. The van der Waals surface area contributed by atoms with Crippen LogP contribution in [-0.2, 0) is 17.8 Å². The minimum Gasteiger partial charge on any atom is -0.383 e. The average molecular weight is 343 g/mol. The van der Waals surface area contributed by atoms with Crippen LogP contribution in [0.15, 0.2) is 33.9 Å². The van der Waals surface area contributed by atoms with Crippen molar-refractivity contribution in [2.75, 3.05) is 35.7 Å². The van der Waals surface area contributed by atoms with Gasteiger partial charge in [0.15, 0.2) is 0 Å². The van der Waals surface area contributed by atoms with Gasteiger partial charge >= 0.3 is 5.69 Å². The van der Waals surface area contributed by atoms with Crippen molar-refractivity contribution in [3.05, 3.63) is 50.7 Å². The molecule has 3 N–H and O–H groups in total. The lowest BCUT2D eigenvalue weighted by Gasteiger charge is -2.24. The van der Waals surface area contributed by atoms with Gasteiger partial charge in [-0.15, -0.1) is 0 Å². The third-order valence-corrected chi connectivity index (χ3v) is 4.47. The quantitative estimate of drug-likeness (QED) is 0.823. The van der Waals surface area contributed by atoms with Crippen LogP contribution in [0.5, 0.6) is 0 Å². The number of hydrogen-bond acceptors (Lipinski definition) is 5. The normalized spacial score (nSPS) is 13.0. The molecular formula is C17H21N5O3. The number of nitrogen functional groups attached to an aromatic ring is 1. The summed E-state index contributed by atoms with van der Waals surface area (Å²) >= 11 is 0. The number of benzene rings is 1. The predicted octanol–water partition coefficient (Wildman–Crippen LogP) is 0.164. The number of amides is 1. The highest BCUT2D eigenvalue weighted by molar-refractivity contribution is 5.98. The molecule has 0 unspecified atom stereocenters. The van der Waals surface area contributed by atoms with Gasteiger partial charge < -0.3 is 15.5 Å². The zero-order chi connectivity index (χ0) is 18.1. The van der Waals surface area contributed by atoms with E-state index in [1.807, 2.05) is 24.3 Å². The van der Waals surface area contributed by atoms with E-state index in [1.54, 1.807) is 18.9 Å². The number of fused-ring (bicyclic) bond motifs is 1. The molecule has 0 aliphatic carbocycles. The monoisotopic (exact) mass is 343 g/mol. The summed E-state index contributed by atoms with van der Waals surface area (Å²) in [6.07, 6.45) is 0.815. The summed E-state index contributed by atoms with van der Waals surface area (Å²) in [5.41, 5.74) is 7.00. The molecule has 2 aromatic rings. The topological polar surface area (TPSA) is 104 Å². The number of nitrogens with one attached hydrogen (secondary N) is 1. The van der Waals surface area contributed by atoms with Crippen molar-refractivity contribution in [3.63, 3.8) is 0 Å². The Kier molecular flexibility index (Phi) is 4.35. The van der Waals surface area contributed by atoms with Crippen molar-refractivity contribution >= 4 is 23.1 Å². The van der Waals surface area contributed by atoms with Crippen LogP contribution in [0.1, 0.15) is 12.5 Å². The first-order valence-corrected chi connectivity index (χ1v) is 8.16. The molecule has 3 rings (SSSR count). The molecule has 8 nitrogen and oxygen atoms in total. The lowest BCUT2D eigenvalue weighted by Crippen LogP contribution is -2.42. The third kappa shape index (κ3) is 2.90. The van der Waals surface area contributed by atoms with E-state index in [0.29, 0.717) is 13.1 Å². The van der Waals surface area contributed by atoms with Crippen molar-refractivity contribution in [2.24, 2.45) is 0 Å². The smallest absolute Gasteiger partial charge is 0.330 e. The van der Waals surface area contributed by atoms with Crippen LogP contribution >= 0.6 is 0 Å². The fourth-order valence-corrected chi connectivity index (χ4v) is 3.22. The molecule has 2 heterocycles. The first-order valence-electron chi connectivity index (χ1n) is 8.16. The van der Waals surface area contributed by atoms with E-state index in [9.17, 15) is 14.4 Å². The van der Waals surface area contributed by atoms with E-state index in [4.69, 9.17) is 5.73 Å². The predicted molar refractivity (Wildman–Crippen MR) is 97.2 cm³/mol. The second kappa shape index (κ2) is 6.46. The fourth-order valence-electron chi connectivity index (χ4n) is 3.22. The second-order valence-corrected chi connectivity index (χ2v) is 6.02. The Labute approximate surface area is 144 Å². The van der Waals surface area contributed by atoms with Crippen molar-refractivity contribution in [3.8, 4) is 0 Å². The molecule has 1 aromatic heterocycles. The Hall–Kier alpha value is -3.03. The number of nitrogens with zero attached hydrogens (tertiary/aromatic N) is 3. The summed E-state index contributed by atoms with van der Waals surface area (Å²) in [7, 11) is 1.62. The summed E-state index contributed by atoms with van der Waals surface area (Å²) in [4.78, 5) is 42.1. The standard InChI is InChI=1S/C17H21N5O3/c1-3-21-15(18)14(16(24)19-17(21)25)20(2)10-13(23)22-9-8-11-6-4-5-7-12(11)22/h4-7H,3,8-10,18H2,1-2H3,(H,19,24,25). The Balaban J connectivity index is 1.86. The van der Waals surface area contributed by atoms with Crippen LogP contribution in [0.25, 0.3) is 0 Å². The minimum absolute atomic E-state index is 0.0104. The van der Waals surface area contributed by atoms with E-state index < -0.39 is 11.2 Å². The molecule has 1 aliphatic rings. The molecule has 1 amide bonds. The van der Waals surface area contributed by atoms with Crippen molar-refractivity contribution in [1.29, 1.82) is 0 Å². The maximum Gasteiger partial charge on any atom is 0.330 e. The summed E-state index contributed by atoms with van der Waals surface area (Å²) in [6.45, 7) is 2.69. The lowest BCUT2D eigenvalue weighted by atomic mass is 10.2. The number of nitrogens with two attached hydrogens (primary N) is 1. The average Bonchev–Trinajstić information content (AvgIpc) is 2.98. The van der Waals surface area contributed by atoms with Gasteiger partial charge in [-0.05, 0) is 25.0 Å². The molecule has 0 saturated heterocycles. The first-order chi connectivity index (χ1) is 11.9. The molecule has 0 saturated carbocycles. The van der Waals surface area contributed by atoms with Gasteiger partial charge in [-0.25, -0.2) is 4.79 Å². The number of H-pyrrole nitrogens is 1. The van der Waals surface area contributed by atoms with Gasteiger partial charge in [-0.2, -0.15) is 0 Å². The van der Waals surface area contributed by atoms with Crippen LogP contribution in [0, 0.1) is 0 Å². The van der Waals surface area contributed by atoms with Gasteiger partial charge in [0.2, 0.25) is 5.91 Å². The number of carbonyl (C=O) groups is 1. The number of rotatable bonds is 4. The molecule has 0 bridgehead atoms. The molecule has 0 fully saturated rings. The van der Waals surface area contributed by atoms with E-state index in [1.165, 1.54) is 9.47 Å². The molecule has 0 radical (unpaired) electrons. The van der Waals surface area contributed by atoms with E-state index in [0.717, 1.165) is 17.7 Å². The van der Waals surface area contributed by atoms with Crippen LogP contribution in [0.3, 0.4) is 0 Å². The fraction of sp³-hybridized carbons (Fsp3) is 0.353. The van der Waals surface area contributed by atoms with Crippen LogP contribution in [0.4, 0.5) is 17.2 Å². The number of para-hydroxylation sites is 1. The Morgan fingerprint density at radius 3 is 2.76 bits per heavy atom. The lowest BCUT2D eigenvalue weighted by molar-refractivity contribution is -0.117. The summed E-state index contributed by atoms with van der Waals surface area (Å²) in [5.74, 6) is -0.0612. The van der Waals surface area contributed by atoms with Crippen molar-refractivity contribution in [2.45, 2.75) is 19.9 Å². The minimum atomic E-state index is -0.593. The highest BCUT2D eigenvalue weighted by atomic mass is 16.2. The number of likely N-dealkylation sites (N-methyl/N-ethyl adjacent to an activating group) is 1. The van der Waals surface area contributed by atoms with Gasteiger partial charge in [0.1, 0.15) is 11.5 Å². The van der Waals surface area contributed by atoms with Gasteiger partial charge in [-0.3, -0.25) is 19.1 Å². The molecule has 0 atom stereocenters. The zero-order valence-corrected chi connectivity index (χ0v) is 14.3. The Morgan fingerprint density at radius 1 is 1.32 bits per heavy atom. The molecule has 1 aliphatic heterocycles. The van der Waals surface area contributed by atoms with Crippen LogP contribution in [-0.4, -0.2) is 35.6 Å². The van der Waals surface area contributed by atoms with Crippen molar-refractivity contribution in [1.82, 2.24) is 9.55 Å². The molecule has 132 valence electrons. The summed E-state index contributed by atoms with van der Waals surface area (Å²) < 4.78 is 1.27. The van der Waals surface area contributed by atoms with E-state index >= 15 is 0 Å². The van der Waals surface area contributed by atoms with E-state index in [-0.39, 0.29) is 24.0 Å². The van der Waals surface area contributed by atoms with Gasteiger partial charge in [-0.1, -0.05) is 18.2 Å². The highest BCUT2D eigenvalue weighted by Crippen LogP contribution is 2.27. The number of aromatic amines is 1. The van der Waals surface area contributed by atoms with Crippen molar-refractivity contribution < 1.29 is 4.79 Å². The van der Waals surface area contributed by atoms with Gasteiger partial charge in [0, 0.05) is 25.8 Å². The molecule has 1 aromatic carbocycles.